The molecule has 0 radical (unpaired) electrons. The Kier molecular flexibility index (Phi) is 6.93. The number of nitrogens with zero attached hydrogens (tertiary/aromatic N) is 1. The van der Waals surface area contributed by atoms with E-state index in [-0.39, 0.29) is 0 Å². The average molecular weight is 728 g/mol. The predicted molar refractivity (Wildman–Crippen MR) is 239 cm³/mol. The Morgan fingerprint density at radius 1 is 0.316 bits per heavy atom. The molecule has 2 aromatic heterocycles. The Balaban J connectivity index is 1.19. The predicted octanol–water partition coefficient (Wildman–Crippen LogP) is 15.7. The van der Waals surface area contributed by atoms with Gasteiger partial charge in [-0.2, -0.15) is 0 Å². The zero-order valence-electron chi connectivity index (χ0n) is 30.8. The molecule has 12 aromatic rings. The molecule has 0 atom stereocenters. The fourth-order valence-corrected chi connectivity index (χ4v) is 9.13. The SMILES string of the molecule is c1ccc2c(-c3c(N(c4ccc(-c5cccc6c5oc5ccccc56)cc4)c4cccc5c4oc4ccccc45)c4ccccc4c4ccccc34)cccc2c1. The largest absolute Gasteiger partial charge is 0.455 e. The van der Waals surface area contributed by atoms with Crippen LogP contribution < -0.4 is 4.90 Å². The van der Waals surface area contributed by atoms with Crippen LogP contribution in [0.1, 0.15) is 0 Å². The fourth-order valence-electron chi connectivity index (χ4n) is 9.13. The standard InChI is InChI=1S/C54H33NO2/c1-2-16-37-34(14-1)15-11-24-43(37)51-44-21-5-3-17-39(44)40-18-4-6-22-45(40)52(51)55(48-27-13-26-47-42-20-8-10-29-50(42)57-54(47)48)36-32-30-35(31-33-36)38-23-12-25-46-41-19-7-9-28-49(41)56-53(38)46/h1-33H. The van der Waals surface area contributed by atoms with E-state index >= 15 is 0 Å². The van der Waals surface area contributed by atoms with Crippen molar-refractivity contribution in [1.82, 2.24) is 0 Å². The van der Waals surface area contributed by atoms with Crippen molar-refractivity contribution in [2.24, 2.45) is 0 Å². The molecule has 2 heterocycles. The van der Waals surface area contributed by atoms with Crippen LogP contribution in [0.25, 0.3) is 98.4 Å². The number of furan rings is 2. The lowest BCUT2D eigenvalue weighted by atomic mass is 9.88. The number of hydrogen-bond acceptors (Lipinski definition) is 3. The zero-order valence-corrected chi connectivity index (χ0v) is 30.8. The van der Waals surface area contributed by atoms with E-state index in [0.29, 0.717) is 0 Å². The molecule has 0 bridgehead atoms. The lowest BCUT2D eigenvalue weighted by molar-refractivity contribution is 0.669. The summed E-state index contributed by atoms with van der Waals surface area (Å²) in [7, 11) is 0. The minimum absolute atomic E-state index is 0.843. The van der Waals surface area contributed by atoms with Gasteiger partial charge in [-0.3, -0.25) is 0 Å². The monoisotopic (exact) mass is 727 g/mol. The van der Waals surface area contributed by atoms with E-state index in [2.05, 4.69) is 187 Å². The molecule has 0 N–H and O–H groups in total. The van der Waals surface area contributed by atoms with Crippen molar-refractivity contribution in [3.63, 3.8) is 0 Å². The van der Waals surface area contributed by atoms with Crippen LogP contribution in [0.2, 0.25) is 0 Å². The smallest absolute Gasteiger partial charge is 0.159 e. The first-order valence-electron chi connectivity index (χ1n) is 19.4. The minimum Gasteiger partial charge on any atom is -0.455 e. The Morgan fingerprint density at radius 3 is 1.54 bits per heavy atom. The average Bonchev–Trinajstić information content (AvgIpc) is 3.86. The summed E-state index contributed by atoms with van der Waals surface area (Å²) in [5.41, 5.74) is 11.1. The van der Waals surface area contributed by atoms with Crippen LogP contribution in [0, 0.1) is 0 Å². The molecule has 12 rings (SSSR count). The van der Waals surface area contributed by atoms with E-state index in [4.69, 9.17) is 8.83 Å². The lowest BCUT2D eigenvalue weighted by Crippen LogP contribution is -2.13. The summed E-state index contributed by atoms with van der Waals surface area (Å²) in [6, 6.07) is 71.5. The van der Waals surface area contributed by atoms with Gasteiger partial charge in [0.25, 0.3) is 0 Å². The van der Waals surface area contributed by atoms with Gasteiger partial charge < -0.3 is 13.7 Å². The first kappa shape index (κ1) is 31.7. The highest BCUT2D eigenvalue weighted by molar-refractivity contribution is 6.25. The van der Waals surface area contributed by atoms with Crippen LogP contribution in [0.5, 0.6) is 0 Å². The number of hydrogen-bond donors (Lipinski definition) is 0. The molecule has 0 aliphatic rings. The van der Waals surface area contributed by atoms with Gasteiger partial charge in [0.15, 0.2) is 5.58 Å². The maximum absolute atomic E-state index is 6.84. The molecule has 10 aromatic carbocycles. The summed E-state index contributed by atoms with van der Waals surface area (Å²) in [4.78, 5) is 2.43. The van der Waals surface area contributed by atoms with E-state index in [1.165, 1.54) is 38.1 Å². The van der Waals surface area contributed by atoms with E-state index < -0.39 is 0 Å². The molecule has 0 aliphatic heterocycles. The van der Waals surface area contributed by atoms with Crippen LogP contribution in [0.3, 0.4) is 0 Å². The summed E-state index contributed by atoms with van der Waals surface area (Å²) in [5, 5.41) is 11.6. The molecule has 0 saturated carbocycles. The Bertz CT molecular complexity index is 3530. The first-order valence-corrected chi connectivity index (χ1v) is 19.4. The van der Waals surface area contributed by atoms with Crippen molar-refractivity contribution in [2.45, 2.75) is 0 Å². The minimum atomic E-state index is 0.843. The highest BCUT2D eigenvalue weighted by Crippen LogP contribution is 2.52. The van der Waals surface area contributed by atoms with Crippen molar-refractivity contribution in [2.75, 3.05) is 4.90 Å². The molecule has 266 valence electrons. The molecule has 57 heavy (non-hydrogen) atoms. The van der Waals surface area contributed by atoms with Crippen molar-refractivity contribution >= 4 is 93.3 Å². The van der Waals surface area contributed by atoms with Crippen LogP contribution in [0.15, 0.2) is 209 Å². The highest BCUT2D eigenvalue weighted by Gasteiger charge is 2.27. The normalized spacial score (nSPS) is 11.9. The van der Waals surface area contributed by atoms with Crippen LogP contribution in [-0.2, 0) is 0 Å². The Labute approximate surface area is 328 Å². The molecule has 3 nitrogen and oxygen atoms in total. The van der Waals surface area contributed by atoms with E-state index in [9.17, 15) is 0 Å². The van der Waals surface area contributed by atoms with Gasteiger partial charge in [-0.25, -0.2) is 0 Å². The Morgan fingerprint density at radius 2 is 0.807 bits per heavy atom. The maximum Gasteiger partial charge on any atom is 0.159 e. The van der Waals surface area contributed by atoms with Crippen molar-refractivity contribution in [1.29, 1.82) is 0 Å². The third-order valence-electron chi connectivity index (χ3n) is 11.7. The molecule has 0 unspecified atom stereocenters. The number of fused-ring (bicyclic) bond motifs is 10. The van der Waals surface area contributed by atoms with Gasteiger partial charge in [0.1, 0.15) is 16.7 Å². The van der Waals surface area contributed by atoms with E-state index in [1.54, 1.807) is 0 Å². The van der Waals surface area contributed by atoms with Crippen LogP contribution in [0.4, 0.5) is 17.1 Å². The number of rotatable bonds is 5. The molecule has 0 fully saturated rings. The first-order chi connectivity index (χ1) is 28.3. The van der Waals surface area contributed by atoms with Crippen molar-refractivity contribution in [3.8, 4) is 22.3 Å². The highest BCUT2D eigenvalue weighted by atomic mass is 16.3. The molecule has 0 spiro atoms. The van der Waals surface area contributed by atoms with Crippen LogP contribution in [-0.4, -0.2) is 0 Å². The van der Waals surface area contributed by atoms with Gasteiger partial charge in [0.2, 0.25) is 0 Å². The maximum atomic E-state index is 6.84. The second kappa shape index (κ2) is 12.5. The molecule has 0 aliphatic carbocycles. The summed E-state index contributed by atoms with van der Waals surface area (Å²) >= 11 is 0. The van der Waals surface area contributed by atoms with Gasteiger partial charge in [-0.05, 0) is 68.4 Å². The summed E-state index contributed by atoms with van der Waals surface area (Å²) in [6.07, 6.45) is 0. The van der Waals surface area contributed by atoms with E-state index in [1.807, 2.05) is 18.2 Å². The fraction of sp³-hybridized carbons (Fsp3) is 0. The second-order valence-electron chi connectivity index (χ2n) is 14.8. The summed E-state index contributed by atoms with van der Waals surface area (Å²) < 4.78 is 13.3. The second-order valence-corrected chi connectivity index (χ2v) is 14.8. The number of para-hydroxylation sites is 4. The number of benzene rings is 10. The van der Waals surface area contributed by atoms with Gasteiger partial charge in [-0.1, -0.05) is 170 Å². The molecule has 0 saturated heterocycles. The van der Waals surface area contributed by atoms with Gasteiger partial charge in [0, 0.05) is 43.7 Å². The van der Waals surface area contributed by atoms with Gasteiger partial charge >= 0.3 is 0 Å². The molecular weight excluding hydrogens is 695 g/mol. The van der Waals surface area contributed by atoms with Crippen molar-refractivity contribution < 1.29 is 8.83 Å². The third-order valence-corrected chi connectivity index (χ3v) is 11.7. The zero-order chi connectivity index (χ0) is 37.5. The molecule has 3 heteroatoms. The van der Waals surface area contributed by atoms with Crippen LogP contribution >= 0.6 is 0 Å². The van der Waals surface area contributed by atoms with Gasteiger partial charge in [0.05, 0.1) is 11.4 Å². The Hall–Kier alpha value is -7.62. The number of anilines is 3. The third kappa shape index (κ3) is 4.79. The summed E-state index contributed by atoms with van der Waals surface area (Å²) in [5.74, 6) is 0. The molecule has 0 amide bonds. The topological polar surface area (TPSA) is 29.5 Å². The quantitative estimate of drug-likeness (QED) is 0.165. The van der Waals surface area contributed by atoms with E-state index in [0.717, 1.165) is 77.5 Å². The summed E-state index contributed by atoms with van der Waals surface area (Å²) in [6.45, 7) is 0. The lowest BCUT2D eigenvalue weighted by Gasteiger charge is -2.31. The van der Waals surface area contributed by atoms with Crippen molar-refractivity contribution in [3.05, 3.63) is 200 Å². The molecular formula is C54H33NO2. The van der Waals surface area contributed by atoms with Gasteiger partial charge in [-0.15, -0.1) is 0 Å².